The largest absolute Gasteiger partial charge is 0.388 e. The van der Waals surface area contributed by atoms with E-state index in [-0.39, 0.29) is 12.0 Å². The van der Waals surface area contributed by atoms with Crippen molar-refractivity contribution >= 4 is 0 Å². The van der Waals surface area contributed by atoms with Gasteiger partial charge >= 0.3 is 0 Å². The number of hydrogen-bond donors (Lipinski definition) is 1. The summed E-state index contributed by atoms with van der Waals surface area (Å²) in [6.45, 7) is 15.1. The Morgan fingerprint density at radius 1 is 1.00 bits per heavy atom. The monoisotopic (exact) mass is 316 g/mol. The first-order valence-electron chi connectivity index (χ1n) is 9.00. The van der Waals surface area contributed by atoms with E-state index < -0.39 is 0 Å². The van der Waals surface area contributed by atoms with Crippen molar-refractivity contribution in [2.45, 2.75) is 67.4 Å². The molecule has 0 rings (SSSR count). The Bertz CT molecular complexity index is 456. The molecule has 0 aromatic heterocycles. The van der Waals surface area contributed by atoms with Crippen molar-refractivity contribution in [3.05, 3.63) is 36.0 Å². The van der Waals surface area contributed by atoms with Crippen LogP contribution in [0.15, 0.2) is 36.0 Å². The third-order valence-electron chi connectivity index (χ3n) is 4.57. The molecule has 0 fully saturated rings. The van der Waals surface area contributed by atoms with Gasteiger partial charge in [-0.15, -0.1) is 0 Å². The molecular weight excluding hydrogens is 280 g/mol. The molecule has 1 N–H and O–H groups in total. The molecule has 0 saturated carbocycles. The Labute approximate surface area is 144 Å². The summed E-state index contributed by atoms with van der Waals surface area (Å²) in [4.78, 5) is 0. The molecule has 1 nitrogen and oxygen atoms in total. The third kappa shape index (κ3) is 9.47. The standard InChI is InChI=1S/C22H36O/c1-8-14-18(4)20(6)21(7)22(23)19(5)16-13-11-9-10-12-15-17(2)3/h9-11,13,16-18,20-23H,8,14H2,1-7H3/b10-9-,13-11+,19-16+. The Hall–Kier alpha value is -1.26. The normalized spacial score (nSPS) is 18.0. The highest BCUT2D eigenvalue weighted by Gasteiger charge is 2.25. The minimum atomic E-state index is -0.376. The number of rotatable bonds is 8. The maximum absolute atomic E-state index is 10.5. The molecular formula is C22H36O. The molecule has 0 aromatic rings. The van der Waals surface area contributed by atoms with Gasteiger partial charge in [-0.3, -0.25) is 0 Å². The van der Waals surface area contributed by atoms with E-state index in [4.69, 9.17) is 0 Å². The Balaban J connectivity index is 4.58. The molecule has 0 aliphatic carbocycles. The molecule has 23 heavy (non-hydrogen) atoms. The predicted molar refractivity (Wildman–Crippen MR) is 103 cm³/mol. The van der Waals surface area contributed by atoms with Gasteiger partial charge in [-0.05, 0) is 36.3 Å². The lowest BCUT2D eigenvalue weighted by Gasteiger charge is -2.30. The van der Waals surface area contributed by atoms with E-state index in [9.17, 15) is 5.11 Å². The molecule has 4 unspecified atom stereocenters. The van der Waals surface area contributed by atoms with Gasteiger partial charge in [0.25, 0.3) is 0 Å². The Morgan fingerprint density at radius 3 is 2.22 bits per heavy atom. The first kappa shape index (κ1) is 21.7. The fourth-order valence-electron chi connectivity index (χ4n) is 2.63. The average Bonchev–Trinajstić information content (AvgIpc) is 2.51. The average molecular weight is 317 g/mol. The van der Waals surface area contributed by atoms with Gasteiger partial charge in [0.15, 0.2) is 0 Å². The van der Waals surface area contributed by atoms with Crippen LogP contribution in [-0.2, 0) is 0 Å². The lowest BCUT2D eigenvalue weighted by atomic mass is 9.78. The van der Waals surface area contributed by atoms with Gasteiger partial charge in [0.1, 0.15) is 0 Å². The Kier molecular flexibility index (Phi) is 11.5. The van der Waals surface area contributed by atoms with Crippen molar-refractivity contribution in [2.75, 3.05) is 0 Å². The minimum Gasteiger partial charge on any atom is -0.388 e. The molecule has 0 spiro atoms. The predicted octanol–water partition coefficient (Wildman–Crippen LogP) is 5.77. The molecule has 0 aliphatic heterocycles. The van der Waals surface area contributed by atoms with Gasteiger partial charge in [0.05, 0.1) is 6.10 Å². The fourth-order valence-corrected chi connectivity index (χ4v) is 2.63. The van der Waals surface area contributed by atoms with Gasteiger partial charge in [-0.2, -0.15) is 0 Å². The van der Waals surface area contributed by atoms with Crippen molar-refractivity contribution in [1.29, 1.82) is 0 Å². The lowest BCUT2D eigenvalue weighted by Crippen LogP contribution is -2.28. The first-order valence-corrected chi connectivity index (χ1v) is 9.00. The molecule has 130 valence electrons. The van der Waals surface area contributed by atoms with Crippen LogP contribution in [0.3, 0.4) is 0 Å². The lowest BCUT2D eigenvalue weighted by molar-refractivity contribution is 0.0956. The quantitative estimate of drug-likeness (QED) is 0.445. The summed E-state index contributed by atoms with van der Waals surface area (Å²) in [5.41, 5.74) is 1.02. The highest BCUT2D eigenvalue weighted by molar-refractivity contribution is 5.23. The van der Waals surface area contributed by atoms with Crippen LogP contribution >= 0.6 is 0 Å². The number of aliphatic hydroxyl groups is 1. The minimum absolute atomic E-state index is 0.272. The van der Waals surface area contributed by atoms with Crippen LogP contribution in [-0.4, -0.2) is 11.2 Å². The summed E-state index contributed by atoms with van der Waals surface area (Å²) in [7, 11) is 0. The number of allylic oxidation sites excluding steroid dienone is 5. The number of hydrogen-bond acceptors (Lipinski definition) is 1. The van der Waals surface area contributed by atoms with Gasteiger partial charge in [-0.1, -0.05) is 90.5 Å². The fraction of sp³-hybridized carbons (Fsp3) is 0.636. The van der Waals surface area contributed by atoms with E-state index in [2.05, 4.69) is 53.4 Å². The van der Waals surface area contributed by atoms with Crippen molar-refractivity contribution in [1.82, 2.24) is 0 Å². The third-order valence-corrected chi connectivity index (χ3v) is 4.57. The maximum atomic E-state index is 10.5. The zero-order chi connectivity index (χ0) is 17.8. The van der Waals surface area contributed by atoms with Crippen molar-refractivity contribution in [3.8, 4) is 11.8 Å². The second-order valence-electron chi connectivity index (χ2n) is 7.03. The molecule has 0 aromatic carbocycles. The van der Waals surface area contributed by atoms with Crippen molar-refractivity contribution in [2.24, 2.45) is 23.7 Å². The Morgan fingerprint density at radius 2 is 1.65 bits per heavy atom. The summed E-state index contributed by atoms with van der Waals surface area (Å²) in [6.07, 6.45) is 11.8. The molecule has 1 heteroatoms. The summed E-state index contributed by atoms with van der Waals surface area (Å²) in [5, 5.41) is 10.5. The van der Waals surface area contributed by atoms with Crippen LogP contribution < -0.4 is 0 Å². The molecule has 0 amide bonds. The van der Waals surface area contributed by atoms with Gasteiger partial charge in [0, 0.05) is 5.92 Å². The second-order valence-corrected chi connectivity index (χ2v) is 7.03. The maximum Gasteiger partial charge on any atom is 0.0778 e. The van der Waals surface area contributed by atoms with Crippen LogP contribution in [0.2, 0.25) is 0 Å². The molecule has 0 radical (unpaired) electrons. The van der Waals surface area contributed by atoms with Crippen molar-refractivity contribution in [3.63, 3.8) is 0 Å². The van der Waals surface area contributed by atoms with Gasteiger partial charge in [-0.25, -0.2) is 0 Å². The second kappa shape index (κ2) is 12.2. The highest BCUT2D eigenvalue weighted by atomic mass is 16.3. The van der Waals surface area contributed by atoms with E-state index in [1.165, 1.54) is 12.8 Å². The summed E-state index contributed by atoms with van der Waals surface area (Å²) < 4.78 is 0. The van der Waals surface area contributed by atoms with E-state index in [1.807, 2.05) is 37.3 Å². The van der Waals surface area contributed by atoms with E-state index in [0.717, 1.165) is 5.57 Å². The van der Waals surface area contributed by atoms with Crippen LogP contribution in [0.25, 0.3) is 0 Å². The molecule has 4 atom stereocenters. The SMILES string of the molecule is CCCC(C)C(C)C(C)C(O)/C(C)=C/C=C/C=C\C#CC(C)C. The highest BCUT2D eigenvalue weighted by Crippen LogP contribution is 2.29. The van der Waals surface area contributed by atoms with Gasteiger partial charge < -0.3 is 5.11 Å². The van der Waals surface area contributed by atoms with E-state index in [1.54, 1.807) is 0 Å². The molecule has 0 saturated heterocycles. The summed E-state index contributed by atoms with van der Waals surface area (Å²) in [6, 6.07) is 0. The van der Waals surface area contributed by atoms with Crippen LogP contribution in [0, 0.1) is 35.5 Å². The molecule has 0 aliphatic rings. The van der Waals surface area contributed by atoms with E-state index in [0.29, 0.717) is 17.8 Å². The van der Waals surface area contributed by atoms with Crippen LogP contribution in [0.5, 0.6) is 0 Å². The zero-order valence-corrected chi connectivity index (χ0v) is 16.1. The number of aliphatic hydroxyl groups excluding tert-OH is 1. The molecule has 0 heterocycles. The summed E-state index contributed by atoms with van der Waals surface area (Å²) in [5.74, 6) is 7.93. The van der Waals surface area contributed by atoms with E-state index >= 15 is 0 Å². The van der Waals surface area contributed by atoms with Crippen LogP contribution in [0.4, 0.5) is 0 Å². The molecule has 0 bridgehead atoms. The zero-order valence-electron chi connectivity index (χ0n) is 16.1. The van der Waals surface area contributed by atoms with Crippen LogP contribution in [0.1, 0.15) is 61.3 Å². The smallest absolute Gasteiger partial charge is 0.0778 e. The topological polar surface area (TPSA) is 20.2 Å². The van der Waals surface area contributed by atoms with Gasteiger partial charge in [0.2, 0.25) is 0 Å². The first-order chi connectivity index (χ1) is 10.8. The summed E-state index contributed by atoms with van der Waals surface area (Å²) >= 11 is 0. The van der Waals surface area contributed by atoms with Crippen molar-refractivity contribution < 1.29 is 5.11 Å².